The minimum Gasteiger partial charge on any atom is -0.394 e. The molecule has 1 saturated heterocycles. The first-order valence-electron chi connectivity index (χ1n) is 7.47. The van der Waals surface area contributed by atoms with Crippen LogP contribution in [0, 0.1) is 0 Å². The number of nitrogens with two attached hydrogens (primary N) is 1. The SMILES string of the molecule is CCCc1nn(C)c(NCC2CN(C)CCN2C)c1N. The lowest BCUT2D eigenvalue weighted by molar-refractivity contribution is 0.121. The lowest BCUT2D eigenvalue weighted by atomic mass is 10.2. The molecule has 0 amide bonds. The van der Waals surface area contributed by atoms with Crippen molar-refractivity contribution in [3.8, 4) is 0 Å². The highest BCUT2D eigenvalue weighted by molar-refractivity contribution is 5.65. The molecule has 1 fully saturated rings. The summed E-state index contributed by atoms with van der Waals surface area (Å²) in [5.41, 5.74) is 8.01. The van der Waals surface area contributed by atoms with Crippen LogP contribution in [0.2, 0.25) is 0 Å². The quantitative estimate of drug-likeness (QED) is 0.827. The summed E-state index contributed by atoms with van der Waals surface area (Å²) in [7, 11) is 6.32. The monoisotopic (exact) mass is 280 g/mol. The molecular weight excluding hydrogens is 252 g/mol. The van der Waals surface area contributed by atoms with E-state index in [0.717, 1.165) is 56.2 Å². The van der Waals surface area contributed by atoms with Crippen LogP contribution in [-0.2, 0) is 13.5 Å². The van der Waals surface area contributed by atoms with Gasteiger partial charge in [-0.15, -0.1) is 0 Å². The number of hydrogen-bond acceptors (Lipinski definition) is 5. The molecule has 2 rings (SSSR count). The van der Waals surface area contributed by atoms with E-state index >= 15 is 0 Å². The van der Waals surface area contributed by atoms with Gasteiger partial charge in [0.15, 0.2) is 0 Å². The first kappa shape index (κ1) is 15.1. The van der Waals surface area contributed by atoms with E-state index in [1.807, 2.05) is 11.7 Å². The molecule has 3 N–H and O–H groups in total. The minimum atomic E-state index is 0.512. The van der Waals surface area contributed by atoms with Crippen molar-refractivity contribution in [3.05, 3.63) is 5.69 Å². The second-order valence-electron chi connectivity index (χ2n) is 5.86. The number of aromatic nitrogens is 2. The fourth-order valence-corrected chi connectivity index (χ4v) is 2.76. The summed E-state index contributed by atoms with van der Waals surface area (Å²) >= 11 is 0. The Hall–Kier alpha value is -1.27. The number of nitrogens with zero attached hydrogens (tertiary/aromatic N) is 4. The number of anilines is 2. The van der Waals surface area contributed by atoms with Gasteiger partial charge < -0.3 is 16.0 Å². The van der Waals surface area contributed by atoms with Crippen molar-refractivity contribution in [1.29, 1.82) is 0 Å². The van der Waals surface area contributed by atoms with E-state index < -0.39 is 0 Å². The molecule has 1 atom stereocenters. The molecule has 1 unspecified atom stereocenters. The predicted molar refractivity (Wildman–Crippen MR) is 84.0 cm³/mol. The summed E-state index contributed by atoms with van der Waals surface area (Å²) in [5, 5.41) is 7.99. The van der Waals surface area contributed by atoms with Crippen LogP contribution in [0.4, 0.5) is 11.5 Å². The Labute approximate surface area is 121 Å². The summed E-state index contributed by atoms with van der Waals surface area (Å²) in [4.78, 5) is 4.79. The molecule has 0 aliphatic carbocycles. The van der Waals surface area contributed by atoms with E-state index in [9.17, 15) is 0 Å². The zero-order chi connectivity index (χ0) is 14.7. The van der Waals surface area contributed by atoms with Crippen molar-refractivity contribution < 1.29 is 0 Å². The molecule has 2 heterocycles. The third-order valence-corrected chi connectivity index (χ3v) is 4.13. The Morgan fingerprint density at radius 3 is 2.75 bits per heavy atom. The Morgan fingerprint density at radius 1 is 1.30 bits per heavy atom. The first-order valence-corrected chi connectivity index (χ1v) is 7.47. The van der Waals surface area contributed by atoms with Crippen LogP contribution in [0.25, 0.3) is 0 Å². The van der Waals surface area contributed by atoms with Gasteiger partial charge in [-0.05, 0) is 20.5 Å². The zero-order valence-electron chi connectivity index (χ0n) is 13.2. The van der Waals surface area contributed by atoms with Gasteiger partial charge in [0.25, 0.3) is 0 Å². The van der Waals surface area contributed by atoms with Gasteiger partial charge in [0.05, 0.1) is 11.4 Å². The molecule has 1 aromatic heterocycles. The van der Waals surface area contributed by atoms with Gasteiger partial charge in [-0.25, -0.2) is 0 Å². The van der Waals surface area contributed by atoms with E-state index in [-0.39, 0.29) is 0 Å². The molecule has 1 aromatic rings. The topological polar surface area (TPSA) is 62.4 Å². The Bertz CT molecular complexity index is 441. The number of nitrogens with one attached hydrogen (secondary N) is 1. The Morgan fingerprint density at radius 2 is 2.05 bits per heavy atom. The van der Waals surface area contributed by atoms with E-state index in [1.165, 1.54) is 0 Å². The largest absolute Gasteiger partial charge is 0.394 e. The third kappa shape index (κ3) is 3.24. The number of aryl methyl sites for hydroxylation is 2. The molecule has 114 valence electrons. The van der Waals surface area contributed by atoms with E-state index in [1.54, 1.807) is 0 Å². The van der Waals surface area contributed by atoms with Gasteiger partial charge in [-0.1, -0.05) is 13.3 Å². The molecule has 1 aliphatic rings. The van der Waals surface area contributed by atoms with Crippen molar-refractivity contribution in [2.45, 2.75) is 25.8 Å². The molecule has 0 spiro atoms. The van der Waals surface area contributed by atoms with Crippen LogP contribution >= 0.6 is 0 Å². The molecule has 0 bridgehead atoms. The van der Waals surface area contributed by atoms with Crippen LogP contribution < -0.4 is 11.1 Å². The second-order valence-corrected chi connectivity index (χ2v) is 5.86. The van der Waals surface area contributed by atoms with Gasteiger partial charge in [0, 0.05) is 39.3 Å². The smallest absolute Gasteiger partial charge is 0.147 e. The maximum atomic E-state index is 6.20. The van der Waals surface area contributed by atoms with Crippen molar-refractivity contribution in [3.63, 3.8) is 0 Å². The van der Waals surface area contributed by atoms with Crippen LogP contribution in [0.5, 0.6) is 0 Å². The lowest BCUT2D eigenvalue weighted by Crippen LogP contribution is -2.52. The molecule has 0 saturated carbocycles. The number of nitrogen functional groups attached to an aromatic ring is 1. The normalized spacial score (nSPS) is 21.3. The Balaban J connectivity index is 1.99. The summed E-state index contributed by atoms with van der Waals surface area (Å²) in [6.07, 6.45) is 2.00. The van der Waals surface area contributed by atoms with Crippen LogP contribution in [0.1, 0.15) is 19.0 Å². The van der Waals surface area contributed by atoms with Gasteiger partial charge in [-0.2, -0.15) is 5.10 Å². The van der Waals surface area contributed by atoms with Crippen molar-refractivity contribution in [1.82, 2.24) is 19.6 Å². The molecule has 0 aromatic carbocycles. The van der Waals surface area contributed by atoms with E-state index in [2.05, 4.69) is 41.2 Å². The van der Waals surface area contributed by atoms with Gasteiger partial charge in [-0.3, -0.25) is 9.58 Å². The first-order chi connectivity index (χ1) is 9.52. The summed E-state index contributed by atoms with van der Waals surface area (Å²) < 4.78 is 1.87. The maximum Gasteiger partial charge on any atom is 0.147 e. The third-order valence-electron chi connectivity index (χ3n) is 4.13. The van der Waals surface area contributed by atoms with E-state index in [4.69, 9.17) is 5.73 Å². The van der Waals surface area contributed by atoms with Gasteiger partial charge >= 0.3 is 0 Å². The summed E-state index contributed by atoms with van der Waals surface area (Å²) in [5.74, 6) is 0.954. The van der Waals surface area contributed by atoms with E-state index in [0.29, 0.717) is 6.04 Å². The summed E-state index contributed by atoms with van der Waals surface area (Å²) in [6.45, 7) is 6.39. The lowest BCUT2D eigenvalue weighted by Gasteiger charge is -2.37. The predicted octanol–water partition coefficient (Wildman–Crippen LogP) is 0.613. The molecule has 6 nitrogen and oxygen atoms in total. The van der Waals surface area contributed by atoms with Gasteiger partial charge in [0.1, 0.15) is 5.82 Å². The Kier molecular flexibility index (Phi) is 4.88. The summed E-state index contributed by atoms with van der Waals surface area (Å²) in [6, 6.07) is 0.512. The van der Waals surface area contributed by atoms with Gasteiger partial charge in [0.2, 0.25) is 0 Å². The fourth-order valence-electron chi connectivity index (χ4n) is 2.76. The number of likely N-dealkylation sites (N-methyl/N-ethyl adjacent to an activating group) is 2. The van der Waals surface area contributed by atoms with Crippen LogP contribution in [0.3, 0.4) is 0 Å². The molecule has 0 radical (unpaired) electrons. The van der Waals surface area contributed by atoms with Crippen LogP contribution in [0.15, 0.2) is 0 Å². The van der Waals surface area contributed by atoms with Crippen molar-refractivity contribution in [2.75, 3.05) is 51.3 Å². The maximum absolute atomic E-state index is 6.20. The fraction of sp³-hybridized carbons (Fsp3) is 0.786. The molecule has 20 heavy (non-hydrogen) atoms. The van der Waals surface area contributed by atoms with Crippen molar-refractivity contribution >= 4 is 11.5 Å². The number of hydrogen-bond donors (Lipinski definition) is 2. The zero-order valence-corrected chi connectivity index (χ0v) is 13.2. The highest BCUT2D eigenvalue weighted by atomic mass is 15.3. The standard InChI is InChI=1S/C14H28N6/c1-5-6-12-13(15)14(20(4)17-12)16-9-11-10-18(2)7-8-19(11)3/h11,16H,5-10,15H2,1-4H3. The average molecular weight is 280 g/mol. The number of rotatable bonds is 5. The average Bonchev–Trinajstić information content (AvgIpc) is 2.67. The molecule has 1 aliphatic heterocycles. The molecule has 6 heteroatoms. The highest BCUT2D eigenvalue weighted by Crippen LogP contribution is 2.23. The minimum absolute atomic E-state index is 0.512. The highest BCUT2D eigenvalue weighted by Gasteiger charge is 2.22. The van der Waals surface area contributed by atoms with Crippen LogP contribution in [-0.4, -0.2) is 65.9 Å². The van der Waals surface area contributed by atoms with Crippen molar-refractivity contribution in [2.24, 2.45) is 7.05 Å². The number of piperazine rings is 1. The molecular formula is C14H28N6. The second kappa shape index (κ2) is 6.45.